The van der Waals surface area contributed by atoms with Gasteiger partial charge in [-0.05, 0) is 25.8 Å². The van der Waals surface area contributed by atoms with Gasteiger partial charge in [0.1, 0.15) is 0 Å². The number of hydrogen-bond donors (Lipinski definition) is 1. The number of likely N-dealkylation sites (tertiary alicyclic amines) is 1. The fourth-order valence-corrected chi connectivity index (χ4v) is 6.24. The van der Waals surface area contributed by atoms with Crippen molar-refractivity contribution in [3.63, 3.8) is 0 Å². The molecule has 1 rings (SSSR count). The van der Waals surface area contributed by atoms with Gasteiger partial charge in [-0.3, -0.25) is 4.55 Å². The molecule has 1 saturated heterocycles. The van der Waals surface area contributed by atoms with Gasteiger partial charge in [0.25, 0.3) is 0 Å². The molecule has 0 bridgehead atoms. The van der Waals surface area contributed by atoms with E-state index < -0.39 is 10.4 Å². The minimum Gasteiger partial charge on any atom is -0.303 e. The van der Waals surface area contributed by atoms with Crippen LogP contribution in [-0.4, -0.2) is 43.6 Å². The highest BCUT2D eigenvalue weighted by atomic mass is 32.3. The largest absolute Gasteiger partial charge is 0.397 e. The third-order valence-corrected chi connectivity index (χ3v) is 8.64. The fraction of sp³-hybridized carbons (Fsp3) is 1.00. The Bertz CT molecular complexity index is 576. The summed E-state index contributed by atoms with van der Waals surface area (Å²) in [5.74, 6) is 0. The van der Waals surface area contributed by atoms with Crippen LogP contribution in [0.5, 0.6) is 0 Å². The molecule has 222 valence electrons. The Kier molecular flexibility index (Phi) is 23.4. The van der Waals surface area contributed by atoms with Gasteiger partial charge < -0.3 is 4.90 Å². The van der Waals surface area contributed by atoms with Crippen molar-refractivity contribution in [2.45, 2.75) is 180 Å². The molecule has 0 aromatic carbocycles. The summed E-state index contributed by atoms with van der Waals surface area (Å²) in [5.41, 5.74) is 0. The maximum Gasteiger partial charge on any atom is 0.397 e. The summed E-state index contributed by atoms with van der Waals surface area (Å²) in [6.07, 6.45) is 35.0. The molecule has 1 aliphatic rings. The molecule has 5 nitrogen and oxygen atoms in total. The molecule has 0 aromatic rings. The Balaban J connectivity index is 1.69. The molecule has 0 atom stereocenters. The summed E-state index contributed by atoms with van der Waals surface area (Å²) in [6, 6.07) is 0. The zero-order valence-corrected chi connectivity index (χ0v) is 25.4. The number of hydrogen-bond acceptors (Lipinski definition) is 4. The van der Waals surface area contributed by atoms with Gasteiger partial charge in [-0.1, -0.05) is 155 Å². The van der Waals surface area contributed by atoms with Crippen molar-refractivity contribution >= 4 is 10.4 Å². The van der Waals surface area contributed by atoms with Crippen LogP contribution in [0.2, 0.25) is 0 Å². The van der Waals surface area contributed by atoms with Gasteiger partial charge >= 0.3 is 10.4 Å². The Morgan fingerprint density at radius 2 is 0.865 bits per heavy atom. The molecule has 0 radical (unpaired) electrons. The van der Waals surface area contributed by atoms with E-state index in [0.29, 0.717) is 12.8 Å². The van der Waals surface area contributed by atoms with Gasteiger partial charge in [-0.25, -0.2) is 4.18 Å². The average Bonchev–Trinajstić information content (AvgIpc) is 2.86. The van der Waals surface area contributed by atoms with E-state index in [1.807, 2.05) is 0 Å². The van der Waals surface area contributed by atoms with E-state index in [1.54, 1.807) is 0 Å². The van der Waals surface area contributed by atoms with Crippen LogP contribution in [0.3, 0.4) is 0 Å². The Labute approximate surface area is 231 Å². The predicted molar refractivity (Wildman–Crippen MR) is 159 cm³/mol. The summed E-state index contributed by atoms with van der Waals surface area (Å²) in [7, 11) is -4.31. The van der Waals surface area contributed by atoms with Crippen molar-refractivity contribution in [3.05, 3.63) is 0 Å². The molecule has 1 heterocycles. The van der Waals surface area contributed by atoms with Gasteiger partial charge in [0.05, 0.1) is 6.10 Å². The lowest BCUT2D eigenvalue weighted by atomic mass is 10.0. The second kappa shape index (κ2) is 24.8. The molecule has 0 saturated carbocycles. The summed E-state index contributed by atoms with van der Waals surface area (Å²) < 4.78 is 35.0. The zero-order chi connectivity index (χ0) is 26.9. The van der Waals surface area contributed by atoms with E-state index in [2.05, 4.69) is 16.0 Å². The van der Waals surface area contributed by atoms with Gasteiger partial charge in [0.15, 0.2) is 0 Å². The summed E-state index contributed by atoms with van der Waals surface area (Å²) in [4.78, 5) is 2.39. The Morgan fingerprint density at radius 1 is 0.568 bits per heavy atom. The highest BCUT2D eigenvalue weighted by Crippen LogP contribution is 2.18. The molecule has 0 aliphatic carbocycles. The molecule has 1 fully saturated rings. The van der Waals surface area contributed by atoms with Gasteiger partial charge in [0.2, 0.25) is 0 Å². The predicted octanol–water partition coefficient (Wildman–Crippen LogP) is 9.65. The lowest BCUT2D eigenvalue weighted by molar-refractivity contribution is 0.0938. The van der Waals surface area contributed by atoms with E-state index in [4.69, 9.17) is 4.55 Å². The van der Waals surface area contributed by atoms with Crippen molar-refractivity contribution in [2.75, 3.05) is 19.6 Å². The van der Waals surface area contributed by atoms with Crippen molar-refractivity contribution in [2.24, 2.45) is 0 Å². The fourth-order valence-electron chi connectivity index (χ4n) is 5.70. The molecular formula is C31H63NO4S. The molecule has 1 N–H and O–H groups in total. The Morgan fingerprint density at radius 3 is 1.16 bits per heavy atom. The van der Waals surface area contributed by atoms with Gasteiger partial charge in [-0.15, -0.1) is 0 Å². The van der Waals surface area contributed by atoms with Crippen LogP contribution < -0.4 is 0 Å². The standard InChI is InChI=1S/C31H63NO4S/c1-2-3-4-5-6-7-8-9-10-11-12-13-14-15-16-17-18-19-20-21-22-23-24-25-28-32-29-26-31(27-30-32)36-37(33,34)35/h31H,2-30H2,1H3,(H,33,34,35). The first kappa shape index (κ1) is 34.9. The first-order valence-electron chi connectivity index (χ1n) is 16.4. The smallest absolute Gasteiger partial charge is 0.303 e. The molecule has 37 heavy (non-hydrogen) atoms. The normalized spacial score (nSPS) is 15.5. The lowest BCUT2D eigenvalue weighted by Gasteiger charge is -2.30. The summed E-state index contributed by atoms with van der Waals surface area (Å²) in [5, 5.41) is 0. The average molecular weight is 546 g/mol. The highest BCUT2D eigenvalue weighted by Gasteiger charge is 2.23. The second-order valence-corrected chi connectivity index (χ2v) is 12.7. The first-order chi connectivity index (χ1) is 18.0. The lowest BCUT2D eigenvalue weighted by Crippen LogP contribution is -2.38. The summed E-state index contributed by atoms with van der Waals surface area (Å²) in [6.45, 7) is 5.11. The topological polar surface area (TPSA) is 66.8 Å². The minimum absolute atomic E-state index is 0.356. The van der Waals surface area contributed by atoms with Crippen LogP contribution in [0.15, 0.2) is 0 Å². The monoisotopic (exact) mass is 545 g/mol. The summed E-state index contributed by atoms with van der Waals surface area (Å²) >= 11 is 0. The molecule has 1 aliphatic heterocycles. The zero-order valence-electron chi connectivity index (χ0n) is 24.6. The van der Waals surface area contributed by atoms with Gasteiger partial charge in [0, 0.05) is 13.1 Å². The first-order valence-corrected chi connectivity index (χ1v) is 17.8. The number of piperidine rings is 1. The molecular weight excluding hydrogens is 482 g/mol. The van der Waals surface area contributed by atoms with Crippen molar-refractivity contribution in [1.29, 1.82) is 0 Å². The molecule has 0 amide bonds. The molecule has 0 unspecified atom stereocenters. The number of unbranched alkanes of at least 4 members (excludes halogenated alkanes) is 23. The quantitative estimate of drug-likeness (QED) is 0.0822. The van der Waals surface area contributed by atoms with Crippen molar-refractivity contribution in [1.82, 2.24) is 4.90 Å². The maximum atomic E-state index is 10.8. The third kappa shape index (κ3) is 24.6. The van der Waals surface area contributed by atoms with Crippen molar-refractivity contribution < 1.29 is 17.2 Å². The maximum absolute atomic E-state index is 10.8. The third-order valence-electron chi connectivity index (χ3n) is 8.12. The van der Waals surface area contributed by atoms with Crippen molar-refractivity contribution in [3.8, 4) is 0 Å². The number of nitrogens with zero attached hydrogens (tertiary/aromatic N) is 1. The van der Waals surface area contributed by atoms with Crippen LogP contribution in [0, 0.1) is 0 Å². The van der Waals surface area contributed by atoms with Gasteiger partial charge in [-0.2, -0.15) is 8.42 Å². The van der Waals surface area contributed by atoms with Crippen LogP contribution in [0.4, 0.5) is 0 Å². The van der Waals surface area contributed by atoms with Crippen LogP contribution in [-0.2, 0) is 14.6 Å². The molecule has 0 spiro atoms. The Hall–Kier alpha value is -0.170. The van der Waals surface area contributed by atoms with E-state index in [0.717, 1.165) is 19.6 Å². The van der Waals surface area contributed by atoms with Crippen LogP contribution in [0.25, 0.3) is 0 Å². The second-order valence-electron chi connectivity index (χ2n) is 11.7. The van der Waals surface area contributed by atoms with Crippen LogP contribution >= 0.6 is 0 Å². The van der Waals surface area contributed by atoms with E-state index in [1.165, 1.54) is 154 Å². The highest BCUT2D eigenvalue weighted by molar-refractivity contribution is 7.80. The SMILES string of the molecule is CCCCCCCCCCCCCCCCCCCCCCCCCCN1CCC(OS(=O)(=O)O)CC1. The number of rotatable bonds is 27. The molecule has 0 aromatic heterocycles. The minimum atomic E-state index is -4.31. The van der Waals surface area contributed by atoms with E-state index in [-0.39, 0.29) is 6.10 Å². The van der Waals surface area contributed by atoms with E-state index in [9.17, 15) is 8.42 Å². The van der Waals surface area contributed by atoms with Crippen LogP contribution in [0.1, 0.15) is 174 Å². The molecule has 6 heteroatoms. The van der Waals surface area contributed by atoms with E-state index >= 15 is 0 Å².